The fraction of sp³-hybridized carbons (Fsp3) is 0. The van der Waals surface area contributed by atoms with E-state index in [0.29, 0.717) is 22.5 Å². The number of phenols is 1. The first-order valence-electron chi connectivity index (χ1n) is 7.39. The Balaban J connectivity index is 1.81. The normalized spacial score (nSPS) is 10.3. The van der Waals surface area contributed by atoms with Gasteiger partial charge >= 0.3 is 0 Å². The van der Waals surface area contributed by atoms with Crippen LogP contribution < -0.4 is 10.5 Å². The lowest BCUT2D eigenvalue weighted by Gasteiger charge is -2.11. The van der Waals surface area contributed by atoms with Crippen molar-refractivity contribution in [3.63, 3.8) is 0 Å². The zero-order valence-corrected chi connectivity index (χ0v) is 13.7. The average molecular weight is 335 g/mol. The largest absolute Gasteiger partial charge is 0.508 e. The molecule has 0 saturated heterocycles. The van der Waals surface area contributed by atoms with Crippen molar-refractivity contribution in [2.45, 2.75) is 4.90 Å². The molecule has 5 N–H and O–H groups in total. The Morgan fingerprint density at radius 2 is 1.67 bits per heavy atom. The van der Waals surface area contributed by atoms with Gasteiger partial charge in [0, 0.05) is 27.4 Å². The second-order valence-corrected chi connectivity index (χ2v) is 6.12. The van der Waals surface area contributed by atoms with Crippen LogP contribution in [0.15, 0.2) is 77.7 Å². The Kier molecular flexibility index (Phi) is 4.72. The molecule has 0 aliphatic carbocycles. The van der Waals surface area contributed by atoms with Crippen LogP contribution in [0.1, 0.15) is 11.1 Å². The first-order valence-corrected chi connectivity index (χ1v) is 8.21. The third kappa shape index (κ3) is 3.70. The fourth-order valence-corrected chi connectivity index (χ4v) is 2.88. The molecular weight excluding hydrogens is 318 g/mol. The summed E-state index contributed by atoms with van der Waals surface area (Å²) in [6.07, 6.45) is 0. The van der Waals surface area contributed by atoms with E-state index in [4.69, 9.17) is 11.1 Å². The molecule has 0 spiro atoms. The maximum atomic E-state index is 9.38. The SMILES string of the molecule is N=C(c1ccc(O)cc1)c1cc(NSc2ccccc2)ccc1N. The van der Waals surface area contributed by atoms with Crippen LogP contribution in [0.2, 0.25) is 0 Å². The minimum Gasteiger partial charge on any atom is -0.508 e. The van der Waals surface area contributed by atoms with Crippen molar-refractivity contribution >= 4 is 29.0 Å². The molecule has 120 valence electrons. The highest BCUT2D eigenvalue weighted by Crippen LogP contribution is 2.26. The second kappa shape index (κ2) is 7.10. The number of nitrogen functional groups attached to an aromatic ring is 1. The Bertz CT molecular complexity index is 848. The molecule has 0 amide bonds. The Morgan fingerprint density at radius 1 is 0.958 bits per heavy atom. The lowest BCUT2D eigenvalue weighted by molar-refractivity contribution is 0.475. The van der Waals surface area contributed by atoms with Crippen LogP contribution in [-0.2, 0) is 0 Å². The van der Waals surface area contributed by atoms with Crippen LogP contribution >= 0.6 is 11.9 Å². The monoisotopic (exact) mass is 335 g/mol. The highest BCUT2D eigenvalue weighted by atomic mass is 32.2. The van der Waals surface area contributed by atoms with Gasteiger partial charge in [0.2, 0.25) is 0 Å². The summed E-state index contributed by atoms with van der Waals surface area (Å²) in [5.74, 6) is 0.175. The molecule has 5 heteroatoms. The molecule has 4 nitrogen and oxygen atoms in total. The number of aromatic hydroxyl groups is 1. The number of anilines is 2. The van der Waals surface area contributed by atoms with Gasteiger partial charge in [-0.2, -0.15) is 0 Å². The summed E-state index contributed by atoms with van der Waals surface area (Å²) >= 11 is 1.50. The van der Waals surface area contributed by atoms with Gasteiger partial charge in [0.25, 0.3) is 0 Å². The number of rotatable bonds is 5. The average Bonchev–Trinajstić information content (AvgIpc) is 2.62. The summed E-state index contributed by atoms with van der Waals surface area (Å²) in [4.78, 5) is 1.10. The summed E-state index contributed by atoms with van der Waals surface area (Å²) in [6, 6.07) is 22.1. The summed E-state index contributed by atoms with van der Waals surface area (Å²) in [6.45, 7) is 0. The van der Waals surface area contributed by atoms with Crippen molar-refractivity contribution in [3.8, 4) is 5.75 Å². The van der Waals surface area contributed by atoms with Crippen molar-refractivity contribution in [2.75, 3.05) is 10.5 Å². The highest BCUT2D eigenvalue weighted by Gasteiger charge is 2.10. The third-order valence-corrected chi connectivity index (χ3v) is 4.35. The van der Waals surface area contributed by atoms with E-state index in [1.807, 2.05) is 42.5 Å². The molecule has 0 bridgehead atoms. The molecule has 0 aliphatic rings. The van der Waals surface area contributed by atoms with Crippen molar-refractivity contribution in [2.24, 2.45) is 0 Å². The number of hydrogen-bond donors (Lipinski definition) is 4. The molecule has 24 heavy (non-hydrogen) atoms. The smallest absolute Gasteiger partial charge is 0.115 e. The third-order valence-electron chi connectivity index (χ3n) is 3.51. The molecule has 0 fully saturated rings. The van der Waals surface area contributed by atoms with Gasteiger partial charge in [-0.3, -0.25) is 5.41 Å². The van der Waals surface area contributed by atoms with Gasteiger partial charge in [0.05, 0.1) is 5.71 Å². The van der Waals surface area contributed by atoms with Crippen LogP contribution in [0, 0.1) is 5.41 Å². The van der Waals surface area contributed by atoms with E-state index in [9.17, 15) is 5.11 Å². The summed E-state index contributed by atoms with van der Waals surface area (Å²) in [7, 11) is 0. The van der Waals surface area contributed by atoms with Crippen LogP contribution in [0.4, 0.5) is 11.4 Å². The van der Waals surface area contributed by atoms with Crippen molar-refractivity contribution in [1.82, 2.24) is 0 Å². The van der Waals surface area contributed by atoms with Crippen LogP contribution in [0.25, 0.3) is 0 Å². The maximum Gasteiger partial charge on any atom is 0.115 e. The number of benzene rings is 3. The van der Waals surface area contributed by atoms with Crippen LogP contribution in [0.5, 0.6) is 5.75 Å². The minimum absolute atomic E-state index is 0.175. The lowest BCUT2D eigenvalue weighted by atomic mass is 10.0. The van der Waals surface area contributed by atoms with Gasteiger partial charge in [0.15, 0.2) is 0 Å². The van der Waals surface area contributed by atoms with Gasteiger partial charge < -0.3 is 15.6 Å². The van der Waals surface area contributed by atoms with Crippen LogP contribution in [0.3, 0.4) is 0 Å². The summed E-state index contributed by atoms with van der Waals surface area (Å²) in [5.41, 5.74) is 9.13. The van der Waals surface area contributed by atoms with E-state index >= 15 is 0 Å². The first-order chi connectivity index (χ1) is 11.6. The summed E-state index contributed by atoms with van der Waals surface area (Å²) in [5, 5.41) is 17.8. The van der Waals surface area contributed by atoms with Gasteiger partial charge in [0.1, 0.15) is 5.75 Å². The maximum absolute atomic E-state index is 9.38. The van der Waals surface area contributed by atoms with Crippen molar-refractivity contribution in [1.29, 1.82) is 5.41 Å². The molecule has 0 aromatic heterocycles. The predicted octanol–water partition coefficient (Wildman–Crippen LogP) is 4.51. The molecule has 0 radical (unpaired) electrons. The molecule has 0 aliphatic heterocycles. The lowest BCUT2D eigenvalue weighted by Crippen LogP contribution is -2.06. The Hall–Kier alpha value is -2.92. The molecular formula is C19H17N3OS. The van der Waals surface area contributed by atoms with Gasteiger partial charge in [-0.25, -0.2) is 0 Å². The first kappa shape index (κ1) is 16.0. The van der Waals surface area contributed by atoms with Gasteiger partial charge in [-0.05, 0) is 66.5 Å². The van der Waals surface area contributed by atoms with E-state index < -0.39 is 0 Å². The van der Waals surface area contributed by atoms with E-state index in [1.165, 1.54) is 11.9 Å². The number of nitrogens with two attached hydrogens (primary N) is 1. The number of nitrogens with one attached hydrogen (secondary N) is 2. The quantitative estimate of drug-likeness (QED) is 0.314. The fourth-order valence-electron chi connectivity index (χ4n) is 2.23. The second-order valence-electron chi connectivity index (χ2n) is 5.24. The molecule has 3 aromatic rings. The Labute approximate surface area is 145 Å². The Morgan fingerprint density at radius 3 is 2.38 bits per heavy atom. The van der Waals surface area contributed by atoms with Gasteiger partial charge in [-0.15, -0.1) is 0 Å². The molecule has 3 rings (SSSR count). The van der Waals surface area contributed by atoms with Crippen LogP contribution in [-0.4, -0.2) is 10.8 Å². The van der Waals surface area contributed by atoms with Crippen molar-refractivity contribution in [3.05, 3.63) is 83.9 Å². The van der Waals surface area contributed by atoms with E-state index in [1.54, 1.807) is 30.3 Å². The topological polar surface area (TPSA) is 82.1 Å². The summed E-state index contributed by atoms with van der Waals surface area (Å²) < 4.78 is 3.27. The molecule has 0 heterocycles. The molecule has 0 unspecified atom stereocenters. The number of phenolic OH excluding ortho intramolecular Hbond substituents is 1. The zero-order valence-electron chi connectivity index (χ0n) is 12.9. The number of hydrogen-bond acceptors (Lipinski definition) is 5. The van der Waals surface area contributed by atoms with Gasteiger partial charge in [-0.1, -0.05) is 18.2 Å². The zero-order chi connectivity index (χ0) is 16.9. The standard InChI is InChI=1S/C19H17N3OS/c20-18-11-8-14(22-24-16-4-2-1-3-5-16)12-17(18)19(21)13-6-9-15(23)10-7-13/h1-12,21-23H,20H2. The predicted molar refractivity (Wildman–Crippen MR) is 101 cm³/mol. The molecule has 0 saturated carbocycles. The highest BCUT2D eigenvalue weighted by molar-refractivity contribution is 8.00. The molecule has 0 atom stereocenters. The minimum atomic E-state index is 0.175. The molecule has 3 aromatic carbocycles. The van der Waals surface area contributed by atoms with E-state index in [2.05, 4.69) is 4.72 Å². The van der Waals surface area contributed by atoms with E-state index in [-0.39, 0.29) is 5.75 Å². The van der Waals surface area contributed by atoms with E-state index in [0.717, 1.165) is 10.6 Å². The van der Waals surface area contributed by atoms with Crippen molar-refractivity contribution < 1.29 is 5.11 Å².